The number of aromatic amines is 1. The van der Waals surface area contributed by atoms with E-state index in [2.05, 4.69) is 15.5 Å². The van der Waals surface area contributed by atoms with Crippen LogP contribution in [0.15, 0.2) is 47.5 Å². The van der Waals surface area contributed by atoms with Crippen LogP contribution in [-0.2, 0) is 0 Å². The normalized spacial score (nSPS) is 14.0. The molecule has 1 aromatic heterocycles. The van der Waals surface area contributed by atoms with Gasteiger partial charge in [0.2, 0.25) is 0 Å². The molecule has 2 heterocycles. The number of hydrogen-bond acceptors (Lipinski definition) is 5. The van der Waals surface area contributed by atoms with Crippen molar-refractivity contribution in [1.29, 1.82) is 0 Å². The van der Waals surface area contributed by atoms with Crippen LogP contribution in [0.5, 0.6) is 0 Å². The maximum Gasteiger partial charge on any atom is 0.178 e. The van der Waals surface area contributed by atoms with Crippen molar-refractivity contribution in [1.82, 2.24) is 10.2 Å². The molecule has 0 saturated heterocycles. The van der Waals surface area contributed by atoms with Gasteiger partial charge < -0.3 is 10.5 Å². The molecule has 126 valence electrons. The summed E-state index contributed by atoms with van der Waals surface area (Å²) in [6.07, 6.45) is 0. The Kier molecular flexibility index (Phi) is 3.78. The standard InChI is InChI=1S/C17H14ClN5O2/c1-9-15-17(22-21-9)19-14-7-6-10(23(24)25)8-12(14)16(20-15)11-4-2-3-5-13(11)18/h2-8,23-24H,1H3,(H2,19,21,22). The second kappa shape index (κ2) is 5.98. The molecule has 1 aliphatic rings. The van der Waals surface area contributed by atoms with Gasteiger partial charge in [-0.15, -0.1) is 0 Å². The summed E-state index contributed by atoms with van der Waals surface area (Å²) in [5.74, 6) is 0.587. The van der Waals surface area contributed by atoms with E-state index in [4.69, 9.17) is 16.6 Å². The molecule has 0 aliphatic carbocycles. The molecule has 4 rings (SSSR count). The Labute approximate surface area is 148 Å². The van der Waals surface area contributed by atoms with Crippen molar-refractivity contribution in [2.24, 2.45) is 4.99 Å². The largest absolute Gasteiger partial charge is 0.595 e. The highest BCUT2D eigenvalue weighted by atomic mass is 35.5. The predicted octanol–water partition coefficient (Wildman–Crippen LogP) is 3.00. The lowest BCUT2D eigenvalue weighted by atomic mass is 10.00. The molecule has 25 heavy (non-hydrogen) atoms. The van der Waals surface area contributed by atoms with Crippen molar-refractivity contribution in [2.45, 2.75) is 6.92 Å². The number of H-pyrrole nitrogens is 1. The quantitative estimate of drug-likeness (QED) is 0.415. The van der Waals surface area contributed by atoms with E-state index in [9.17, 15) is 10.4 Å². The van der Waals surface area contributed by atoms with E-state index in [1.54, 1.807) is 24.3 Å². The lowest BCUT2D eigenvalue weighted by molar-refractivity contribution is -0.991. The third kappa shape index (κ3) is 2.69. The number of nitrogens with zero attached hydrogens (tertiary/aromatic N) is 2. The summed E-state index contributed by atoms with van der Waals surface area (Å²) >= 11 is 6.38. The number of halogens is 1. The first-order chi connectivity index (χ1) is 12.0. The molecule has 0 spiro atoms. The summed E-state index contributed by atoms with van der Waals surface area (Å²) in [5, 5.41) is 30.6. The van der Waals surface area contributed by atoms with Crippen LogP contribution in [0.25, 0.3) is 0 Å². The van der Waals surface area contributed by atoms with Gasteiger partial charge in [0.1, 0.15) is 5.69 Å². The van der Waals surface area contributed by atoms with Crippen LogP contribution < -0.4 is 10.5 Å². The van der Waals surface area contributed by atoms with Gasteiger partial charge in [0, 0.05) is 34.0 Å². The van der Waals surface area contributed by atoms with Crippen molar-refractivity contribution in [2.75, 3.05) is 5.32 Å². The fraction of sp³-hybridized carbons (Fsp3) is 0.0588. The van der Waals surface area contributed by atoms with Crippen LogP contribution in [0.2, 0.25) is 5.02 Å². The number of benzene rings is 2. The van der Waals surface area contributed by atoms with Gasteiger partial charge in [0.05, 0.1) is 11.4 Å². The van der Waals surface area contributed by atoms with Crippen molar-refractivity contribution >= 4 is 40.2 Å². The summed E-state index contributed by atoms with van der Waals surface area (Å²) in [5.41, 5.74) is 4.35. The van der Waals surface area contributed by atoms with Crippen molar-refractivity contribution in [3.05, 3.63) is 69.5 Å². The number of aliphatic imine (C=N–C) groups is 1. The van der Waals surface area contributed by atoms with Crippen LogP contribution in [0.1, 0.15) is 16.8 Å². The molecule has 0 radical (unpaired) electrons. The van der Waals surface area contributed by atoms with Crippen molar-refractivity contribution < 1.29 is 10.4 Å². The van der Waals surface area contributed by atoms with Crippen molar-refractivity contribution in [3.8, 4) is 0 Å². The summed E-state index contributed by atoms with van der Waals surface area (Å²) in [6, 6.07) is 12.2. The summed E-state index contributed by atoms with van der Waals surface area (Å²) in [4.78, 5) is 4.75. The van der Waals surface area contributed by atoms with Gasteiger partial charge in [0.15, 0.2) is 11.5 Å². The van der Waals surface area contributed by atoms with Crippen LogP contribution in [0.4, 0.5) is 22.9 Å². The third-order valence-electron chi connectivity index (χ3n) is 4.04. The van der Waals surface area contributed by atoms with Gasteiger partial charge in [0.25, 0.3) is 0 Å². The zero-order chi connectivity index (χ0) is 17.6. The molecule has 1 atom stereocenters. The minimum Gasteiger partial charge on any atom is -0.595 e. The molecular weight excluding hydrogens is 342 g/mol. The highest BCUT2D eigenvalue weighted by Crippen LogP contribution is 2.37. The molecule has 0 fully saturated rings. The molecule has 3 aromatic rings. The zero-order valence-electron chi connectivity index (χ0n) is 13.2. The van der Waals surface area contributed by atoms with Crippen LogP contribution in [0, 0.1) is 12.1 Å². The van der Waals surface area contributed by atoms with E-state index >= 15 is 0 Å². The number of nitrogens with one attached hydrogen (secondary N) is 3. The number of hydrogen-bond donors (Lipinski definition) is 4. The number of quaternary nitrogens is 1. The first kappa shape index (κ1) is 15.8. The first-order valence-electron chi connectivity index (χ1n) is 7.58. The monoisotopic (exact) mass is 355 g/mol. The lowest BCUT2D eigenvalue weighted by Gasteiger charge is -2.16. The van der Waals surface area contributed by atoms with Gasteiger partial charge in [-0.3, -0.25) is 5.10 Å². The minimum absolute atomic E-state index is 0.179. The average Bonchev–Trinajstić information content (AvgIpc) is 2.85. The van der Waals surface area contributed by atoms with Gasteiger partial charge in [-0.2, -0.15) is 10.3 Å². The number of aryl methyl sites for hydroxylation is 1. The minimum atomic E-state index is -1.000. The fourth-order valence-corrected chi connectivity index (χ4v) is 3.01. The van der Waals surface area contributed by atoms with E-state index in [1.807, 2.05) is 25.1 Å². The molecule has 0 saturated carbocycles. The molecule has 4 N–H and O–H groups in total. The molecule has 2 aromatic carbocycles. The highest BCUT2D eigenvalue weighted by molar-refractivity contribution is 6.36. The van der Waals surface area contributed by atoms with Gasteiger partial charge >= 0.3 is 0 Å². The molecule has 1 aliphatic heterocycles. The summed E-state index contributed by atoms with van der Waals surface area (Å²) in [6.45, 7) is 1.87. The van der Waals surface area contributed by atoms with E-state index < -0.39 is 5.23 Å². The molecule has 1 unspecified atom stereocenters. The van der Waals surface area contributed by atoms with E-state index in [0.717, 1.165) is 11.3 Å². The molecule has 0 bridgehead atoms. The number of fused-ring (bicyclic) bond motifs is 2. The van der Waals surface area contributed by atoms with Crippen LogP contribution in [0.3, 0.4) is 0 Å². The second-order valence-electron chi connectivity index (χ2n) is 5.68. The number of anilines is 2. The third-order valence-corrected chi connectivity index (χ3v) is 4.37. The topological polar surface area (TPSA) is 101 Å². The van der Waals surface area contributed by atoms with Gasteiger partial charge in [-0.05, 0) is 19.1 Å². The predicted molar refractivity (Wildman–Crippen MR) is 95.6 cm³/mol. The zero-order valence-corrected chi connectivity index (χ0v) is 13.9. The van der Waals surface area contributed by atoms with E-state index in [0.29, 0.717) is 33.5 Å². The number of aromatic nitrogens is 2. The number of rotatable bonds is 2. The maximum absolute atomic E-state index is 11.4. The molecule has 8 heteroatoms. The van der Waals surface area contributed by atoms with Gasteiger partial charge in [-0.25, -0.2) is 10.2 Å². The fourth-order valence-electron chi connectivity index (χ4n) is 2.79. The Morgan fingerprint density at radius 3 is 2.72 bits per heavy atom. The molecule has 7 nitrogen and oxygen atoms in total. The van der Waals surface area contributed by atoms with Crippen molar-refractivity contribution in [3.63, 3.8) is 0 Å². The Balaban J connectivity index is 2.02. The Bertz CT molecular complexity index is 996. The second-order valence-corrected chi connectivity index (χ2v) is 6.08. The maximum atomic E-state index is 11.4. The summed E-state index contributed by atoms with van der Waals surface area (Å²) in [7, 11) is 0. The Hall–Kier alpha value is -2.71. The Morgan fingerprint density at radius 1 is 1.16 bits per heavy atom. The SMILES string of the molecule is Cc1[nH]nc2c1N=C(c1ccccc1Cl)c1cc([NH+]([O-])O)ccc1N2. The highest BCUT2D eigenvalue weighted by Gasteiger charge is 2.23. The Morgan fingerprint density at radius 2 is 1.96 bits per heavy atom. The lowest BCUT2D eigenvalue weighted by Crippen LogP contribution is -2.99. The molecular formula is C17H14ClN5O2. The average molecular weight is 356 g/mol. The summed E-state index contributed by atoms with van der Waals surface area (Å²) < 4.78 is 0. The van der Waals surface area contributed by atoms with Crippen LogP contribution in [-0.4, -0.2) is 21.1 Å². The van der Waals surface area contributed by atoms with E-state index in [-0.39, 0.29) is 5.69 Å². The first-order valence-corrected chi connectivity index (χ1v) is 7.95. The van der Waals surface area contributed by atoms with Gasteiger partial charge in [-0.1, -0.05) is 29.8 Å². The van der Waals surface area contributed by atoms with E-state index in [1.165, 1.54) is 0 Å². The molecule has 0 amide bonds. The van der Waals surface area contributed by atoms with Crippen LogP contribution >= 0.6 is 11.6 Å². The smallest absolute Gasteiger partial charge is 0.178 e.